The van der Waals surface area contributed by atoms with E-state index in [9.17, 15) is 0 Å². The average molecular weight is 272 g/mol. The molecule has 0 heterocycles. The molecule has 2 aromatic rings. The molecular formula is C17H18ClN. The van der Waals surface area contributed by atoms with Crippen molar-refractivity contribution < 1.29 is 0 Å². The Hall–Kier alpha value is -1.31. The lowest BCUT2D eigenvalue weighted by Crippen LogP contribution is -2.23. The Morgan fingerprint density at radius 1 is 1.16 bits per heavy atom. The molecule has 2 unspecified atom stereocenters. The molecular weight excluding hydrogens is 254 g/mol. The highest BCUT2D eigenvalue weighted by molar-refractivity contribution is 6.30. The summed E-state index contributed by atoms with van der Waals surface area (Å²) in [6, 6.07) is 17.4. The fourth-order valence-corrected chi connectivity index (χ4v) is 3.44. The van der Waals surface area contributed by atoms with Crippen molar-refractivity contribution in [3.8, 4) is 0 Å². The van der Waals surface area contributed by atoms with Crippen molar-refractivity contribution in [1.82, 2.24) is 5.32 Å². The zero-order chi connectivity index (χ0) is 13.2. The van der Waals surface area contributed by atoms with E-state index in [2.05, 4.69) is 48.8 Å². The van der Waals surface area contributed by atoms with E-state index in [0.29, 0.717) is 12.0 Å². The van der Waals surface area contributed by atoms with E-state index in [1.807, 2.05) is 12.1 Å². The molecule has 0 fully saturated rings. The van der Waals surface area contributed by atoms with Gasteiger partial charge in [-0.15, -0.1) is 0 Å². The third kappa shape index (κ3) is 2.54. The number of rotatable bonds is 3. The highest BCUT2D eigenvalue weighted by Gasteiger charge is 2.30. The summed E-state index contributed by atoms with van der Waals surface area (Å²) in [5.74, 6) is 0.612. The van der Waals surface area contributed by atoms with Crippen LogP contribution in [0.2, 0.25) is 5.02 Å². The standard InChI is InChI=1S/C17H18ClN/c1-19-17-14(9-12-5-4-7-15(18)10-12)11-13-6-2-3-8-16(13)17/h2-8,10,14,17,19H,9,11H2,1H3. The molecule has 0 saturated carbocycles. The number of fused-ring (bicyclic) bond motifs is 1. The molecule has 0 amide bonds. The molecule has 2 heteroatoms. The van der Waals surface area contributed by atoms with Gasteiger partial charge in [-0.2, -0.15) is 0 Å². The van der Waals surface area contributed by atoms with Crippen molar-refractivity contribution in [3.05, 3.63) is 70.2 Å². The molecule has 98 valence electrons. The summed E-state index contributed by atoms with van der Waals surface area (Å²) in [7, 11) is 2.05. The van der Waals surface area contributed by atoms with E-state index in [4.69, 9.17) is 11.6 Å². The van der Waals surface area contributed by atoms with E-state index in [-0.39, 0.29) is 0 Å². The van der Waals surface area contributed by atoms with E-state index >= 15 is 0 Å². The van der Waals surface area contributed by atoms with Gasteiger partial charge in [0.2, 0.25) is 0 Å². The molecule has 2 atom stereocenters. The summed E-state index contributed by atoms with van der Waals surface area (Å²) in [6.45, 7) is 0. The minimum absolute atomic E-state index is 0.454. The second-order valence-corrected chi connectivity index (χ2v) is 5.70. The van der Waals surface area contributed by atoms with Crippen LogP contribution in [0.5, 0.6) is 0 Å². The summed E-state index contributed by atoms with van der Waals surface area (Å²) < 4.78 is 0. The molecule has 0 spiro atoms. The quantitative estimate of drug-likeness (QED) is 0.889. The topological polar surface area (TPSA) is 12.0 Å². The monoisotopic (exact) mass is 271 g/mol. The van der Waals surface area contributed by atoms with Gasteiger partial charge in [0.1, 0.15) is 0 Å². The maximum absolute atomic E-state index is 6.07. The highest BCUT2D eigenvalue weighted by atomic mass is 35.5. The van der Waals surface area contributed by atoms with Crippen LogP contribution in [0.1, 0.15) is 22.7 Å². The molecule has 1 aliphatic rings. The maximum atomic E-state index is 6.07. The van der Waals surface area contributed by atoms with Gasteiger partial charge >= 0.3 is 0 Å². The van der Waals surface area contributed by atoms with Gasteiger partial charge < -0.3 is 5.32 Å². The van der Waals surface area contributed by atoms with Crippen molar-refractivity contribution in [2.45, 2.75) is 18.9 Å². The zero-order valence-electron chi connectivity index (χ0n) is 11.1. The number of halogens is 1. The van der Waals surface area contributed by atoms with Crippen LogP contribution >= 0.6 is 11.6 Å². The van der Waals surface area contributed by atoms with Crippen molar-refractivity contribution in [2.75, 3.05) is 7.05 Å². The smallest absolute Gasteiger partial charge is 0.0408 e. The van der Waals surface area contributed by atoms with Gasteiger partial charge in [-0.25, -0.2) is 0 Å². The van der Waals surface area contributed by atoms with Crippen LogP contribution in [-0.2, 0) is 12.8 Å². The van der Waals surface area contributed by atoms with E-state index in [1.165, 1.54) is 16.7 Å². The largest absolute Gasteiger partial charge is 0.313 e. The second-order valence-electron chi connectivity index (χ2n) is 5.26. The normalized spacial score (nSPS) is 21.4. The van der Waals surface area contributed by atoms with Crippen LogP contribution < -0.4 is 5.32 Å². The predicted molar refractivity (Wildman–Crippen MR) is 80.6 cm³/mol. The first-order valence-electron chi connectivity index (χ1n) is 6.77. The van der Waals surface area contributed by atoms with Crippen LogP contribution in [0, 0.1) is 5.92 Å². The number of hydrogen-bond acceptors (Lipinski definition) is 1. The van der Waals surface area contributed by atoms with Crippen LogP contribution in [0.4, 0.5) is 0 Å². The molecule has 1 N–H and O–H groups in total. The zero-order valence-corrected chi connectivity index (χ0v) is 11.8. The Labute approximate surface area is 119 Å². The lowest BCUT2D eigenvalue weighted by molar-refractivity contribution is 0.410. The molecule has 0 saturated heterocycles. The van der Waals surface area contributed by atoms with E-state index in [0.717, 1.165) is 17.9 Å². The van der Waals surface area contributed by atoms with Gasteiger partial charge in [0, 0.05) is 11.1 Å². The molecule has 0 radical (unpaired) electrons. The lowest BCUT2D eigenvalue weighted by atomic mass is 9.93. The first-order valence-corrected chi connectivity index (χ1v) is 7.15. The summed E-state index contributed by atoms with van der Waals surface area (Å²) in [4.78, 5) is 0. The van der Waals surface area contributed by atoms with Gasteiger partial charge in [0.15, 0.2) is 0 Å². The summed E-state index contributed by atoms with van der Waals surface area (Å²) >= 11 is 6.07. The van der Waals surface area contributed by atoms with Gasteiger partial charge in [0.05, 0.1) is 0 Å². The van der Waals surface area contributed by atoms with Gasteiger partial charge in [-0.05, 0) is 54.6 Å². The molecule has 2 aromatic carbocycles. The fourth-order valence-electron chi connectivity index (χ4n) is 3.23. The maximum Gasteiger partial charge on any atom is 0.0408 e. The Morgan fingerprint density at radius 3 is 2.79 bits per heavy atom. The van der Waals surface area contributed by atoms with Gasteiger partial charge in [-0.3, -0.25) is 0 Å². The van der Waals surface area contributed by atoms with Crippen LogP contribution in [-0.4, -0.2) is 7.05 Å². The predicted octanol–water partition coefficient (Wildman–Crippen LogP) is 4.02. The molecule has 19 heavy (non-hydrogen) atoms. The average Bonchev–Trinajstić information content (AvgIpc) is 2.75. The molecule has 0 aliphatic heterocycles. The van der Waals surface area contributed by atoms with E-state index < -0.39 is 0 Å². The summed E-state index contributed by atoms with van der Waals surface area (Å²) in [5.41, 5.74) is 4.26. The third-order valence-corrected chi connectivity index (χ3v) is 4.28. The van der Waals surface area contributed by atoms with Gasteiger partial charge in [0.25, 0.3) is 0 Å². The molecule has 3 rings (SSSR count). The van der Waals surface area contributed by atoms with Crippen molar-refractivity contribution in [1.29, 1.82) is 0 Å². The minimum Gasteiger partial charge on any atom is -0.313 e. The Kier molecular flexibility index (Phi) is 3.58. The Morgan fingerprint density at radius 2 is 2.00 bits per heavy atom. The molecule has 0 bridgehead atoms. The first-order chi connectivity index (χ1) is 9.28. The molecule has 1 aliphatic carbocycles. The van der Waals surface area contributed by atoms with Crippen molar-refractivity contribution in [3.63, 3.8) is 0 Å². The third-order valence-electron chi connectivity index (χ3n) is 4.04. The second kappa shape index (κ2) is 5.36. The summed E-state index contributed by atoms with van der Waals surface area (Å²) in [5, 5.41) is 4.30. The van der Waals surface area contributed by atoms with Crippen LogP contribution in [0.25, 0.3) is 0 Å². The van der Waals surface area contributed by atoms with Gasteiger partial charge in [-0.1, -0.05) is 48.0 Å². The Balaban J connectivity index is 1.83. The number of benzene rings is 2. The van der Waals surface area contributed by atoms with Crippen LogP contribution in [0.15, 0.2) is 48.5 Å². The SMILES string of the molecule is CNC1c2ccccc2CC1Cc1cccc(Cl)c1. The molecule has 0 aromatic heterocycles. The highest BCUT2D eigenvalue weighted by Crippen LogP contribution is 2.37. The van der Waals surface area contributed by atoms with Crippen molar-refractivity contribution in [2.24, 2.45) is 5.92 Å². The molecule has 1 nitrogen and oxygen atoms in total. The van der Waals surface area contributed by atoms with Crippen LogP contribution in [0.3, 0.4) is 0 Å². The minimum atomic E-state index is 0.454. The number of hydrogen-bond donors (Lipinski definition) is 1. The Bertz CT molecular complexity index is 579. The fraction of sp³-hybridized carbons (Fsp3) is 0.294. The number of nitrogens with one attached hydrogen (secondary N) is 1. The van der Waals surface area contributed by atoms with Crippen molar-refractivity contribution >= 4 is 11.6 Å². The first kappa shape index (κ1) is 12.7. The summed E-state index contributed by atoms with van der Waals surface area (Å²) in [6.07, 6.45) is 2.22. The van der Waals surface area contributed by atoms with E-state index in [1.54, 1.807) is 0 Å². The lowest BCUT2D eigenvalue weighted by Gasteiger charge is -2.20.